The molecule has 6 nitrogen and oxygen atoms in total. The number of amides is 2. The average Bonchev–Trinajstić information content (AvgIpc) is 2.74. The molecule has 3 aromatic carbocycles. The Morgan fingerprint density at radius 1 is 0.767 bits per heavy atom. The number of aryl methyl sites for hydroxylation is 1. The molecule has 0 atom stereocenters. The monoisotopic (exact) mass is 422 g/mol. The molecule has 3 rings (SSSR count). The van der Waals surface area contributed by atoms with Crippen molar-refractivity contribution in [1.29, 1.82) is 0 Å². The molecule has 30 heavy (non-hydrogen) atoms. The molecule has 4 N–H and O–H groups in total. The van der Waals surface area contributed by atoms with Crippen molar-refractivity contribution in [3.8, 4) is 0 Å². The maximum absolute atomic E-state index is 12.9. The average molecular weight is 422 g/mol. The Balaban J connectivity index is 1.51. The zero-order valence-electron chi connectivity index (χ0n) is 16.0. The van der Waals surface area contributed by atoms with Crippen LogP contribution in [0.1, 0.15) is 26.3 Å². The summed E-state index contributed by atoms with van der Waals surface area (Å²) in [4.78, 5) is 24.5. The highest BCUT2D eigenvalue weighted by Crippen LogP contribution is 2.12. The van der Waals surface area contributed by atoms with E-state index in [0.29, 0.717) is 22.5 Å². The van der Waals surface area contributed by atoms with E-state index in [9.17, 15) is 14.0 Å². The summed E-state index contributed by atoms with van der Waals surface area (Å²) >= 11 is 5.08. The molecule has 0 fully saturated rings. The molecule has 3 aromatic rings. The summed E-state index contributed by atoms with van der Waals surface area (Å²) < 4.78 is 12.9. The van der Waals surface area contributed by atoms with Crippen LogP contribution in [0.5, 0.6) is 0 Å². The second-order valence-electron chi connectivity index (χ2n) is 6.44. The van der Waals surface area contributed by atoms with Crippen LogP contribution in [0, 0.1) is 12.7 Å². The van der Waals surface area contributed by atoms with E-state index in [1.54, 1.807) is 36.4 Å². The van der Waals surface area contributed by atoms with Gasteiger partial charge in [0.1, 0.15) is 5.82 Å². The van der Waals surface area contributed by atoms with Gasteiger partial charge in [-0.3, -0.25) is 20.4 Å². The van der Waals surface area contributed by atoms with Crippen molar-refractivity contribution < 1.29 is 14.0 Å². The van der Waals surface area contributed by atoms with Crippen LogP contribution in [0.15, 0.2) is 72.8 Å². The summed E-state index contributed by atoms with van der Waals surface area (Å²) in [7, 11) is 0. The van der Waals surface area contributed by atoms with E-state index in [1.807, 2.05) is 19.1 Å². The Morgan fingerprint density at radius 3 is 2.07 bits per heavy atom. The Hall–Kier alpha value is -3.78. The van der Waals surface area contributed by atoms with Gasteiger partial charge in [-0.1, -0.05) is 17.7 Å². The summed E-state index contributed by atoms with van der Waals surface area (Å²) in [6.45, 7) is 1.92. The van der Waals surface area contributed by atoms with Crippen molar-refractivity contribution in [3.63, 3.8) is 0 Å². The fourth-order valence-electron chi connectivity index (χ4n) is 2.58. The van der Waals surface area contributed by atoms with Gasteiger partial charge >= 0.3 is 0 Å². The number of hydrogen-bond acceptors (Lipinski definition) is 3. The lowest BCUT2D eigenvalue weighted by Gasteiger charge is -2.12. The second kappa shape index (κ2) is 9.62. The van der Waals surface area contributed by atoms with Gasteiger partial charge in [0.25, 0.3) is 11.8 Å². The third-order valence-corrected chi connectivity index (χ3v) is 4.28. The Morgan fingerprint density at radius 2 is 1.40 bits per heavy atom. The summed E-state index contributed by atoms with van der Waals surface area (Å²) in [5.41, 5.74) is 8.12. The van der Waals surface area contributed by atoms with E-state index in [0.717, 1.165) is 5.56 Å². The number of thiocarbonyl (C=S) groups is 1. The van der Waals surface area contributed by atoms with Gasteiger partial charge in [0.15, 0.2) is 5.11 Å². The largest absolute Gasteiger partial charge is 0.331 e. The van der Waals surface area contributed by atoms with Crippen LogP contribution in [0.3, 0.4) is 0 Å². The molecule has 0 aliphatic heterocycles. The van der Waals surface area contributed by atoms with Crippen molar-refractivity contribution in [2.45, 2.75) is 6.92 Å². The van der Waals surface area contributed by atoms with Gasteiger partial charge in [0.05, 0.1) is 0 Å². The zero-order chi connectivity index (χ0) is 21.5. The van der Waals surface area contributed by atoms with E-state index < -0.39 is 5.91 Å². The van der Waals surface area contributed by atoms with Gasteiger partial charge in [-0.15, -0.1) is 0 Å². The Bertz CT molecular complexity index is 1070. The van der Waals surface area contributed by atoms with Crippen molar-refractivity contribution in [3.05, 3.63) is 95.3 Å². The molecule has 0 aliphatic carbocycles. The highest BCUT2D eigenvalue weighted by molar-refractivity contribution is 7.80. The van der Waals surface area contributed by atoms with Crippen molar-refractivity contribution in [2.75, 3.05) is 10.6 Å². The number of benzene rings is 3. The fraction of sp³-hybridized carbons (Fsp3) is 0.0455. The van der Waals surface area contributed by atoms with Crippen LogP contribution in [-0.2, 0) is 0 Å². The van der Waals surface area contributed by atoms with E-state index in [4.69, 9.17) is 12.2 Å². The summed E-state index contributed by atoms with van der Waals surface area (Å²) in [6, 6.07) is 19.3. The maximum Gasteiger partial charge on any atom is 0.269 e. The fourth-order valence-corrected chi connectivity index (χ4v) is 2.74. The molecular weight excluding hydrogens is 403 g/mol. The summed E-state index contributed by atoms with van der Waals surface area (Å²) in [5, 5.41) is 5.76. The lowest BCUT2D eigenvalue weighted by Crippen LogP contribution is -2.43. The number of carbonyl (C=O) groups is 2. The minimum atomic E-state index is -0.408. The third kappa shape index (κ3) is 5.86. The number of hydrazine groups is 1. The number of carbonyl (C=O) groups excluding carboxylic acids is 2. The van der Waals surface area contributed by atoms with E-state index in [1.165, 1.54) is 24.3 Å². The lowest BCUT2D eigenvalue weighted by atomic mass is 10.1. The smallest absolute Gasteiger partial charge is 0.269 e. The van der Waals surface area contributed by atoms with Crippen LogP contribution in [0.25, 0.3) is 0 Å². The number of rotatable bonds is 4. The minimum Gasteiger partial charge on any atom is -0.331 e. The standard InChI is InChI=1S/C22H19FN4O2S/c1-14-3-2-4-16(13-14)20(28)24-18-9-5-15(6-10-18)21(29)26-27-22(30)25-19-11-7-17(23)8-12-19/h2-13H,1H3,(H,24,28)(H,26,29)(H2,25,27,30). The zero-order valence-corrected chi connectivity index (χ0v) is 16.8. The molecule has 0 saturated carbocycles. The van der Waals surface area contributed by atoms with Crippen LogP contribution >= 0.6 is 12.2 Å². The van der Waals surface area contributed by atoms with Gasteiger partial charge in [-0.25, -0.2) is 4.39 Å². The van der Waals surface area contributed by atoms with E-state index in [-0.39, 0.29) is 16.8 Å². The first-order valence-corrected chi connectivity index (χ1v) is 9.42. The summed E-state index contributed by atoms with van der Waals surface area (Å²) in [5.74, 6) is -0.990. The molecular formula is C22H19FN4O2S. The van der Waals surface area contributed by atoms with Crippen molar-refractivity contribution in [1.82, 2.24) is 10.9 Å². The molecule has 0 bridgehead atoms. The normalized spacial score (nSPS) is 10.1. The molecule has 0 aliphatic rings. The predicted molar refractivity (Wildman–Crippen MR) is 119 cm³/mol. The predicted octanol–water partition coefficient (Wildman–Crippen LogP) is 4.02. The van der Waals surface area contributed by atoms with Crippen molar-refractivity contribution >= 4 is 40.5 Å². The first kappa shape index (κ1) is 20.9. The van der Waals surface area contributed by atoms with Gasteiger partial charge < -0.3 is 10.6 Å². The van der Waals surface area contributed by atoms with Crippen LogP contribution < -0.4 is 21.5 Å². The van der Waals surface area contributed by atoms with Gasteiger partial charge in [0, 0.05) is 22.5 Å². The van der Waals surface area contributed by atoms with Gasteiger partial charge in [-0.05, 0) is 79.8 Å². The quantitative estimate of drug-likeness (QED) is 0.377. The topological polar surface area (TPSA) is 82.3 Å². The molecule has 0 saturated heterocycles. The van der Waals surface area contributed by atoms with E-state index in [2.05, 4.69) is 21.5 Å². The van der Waals surface area contributed by atoms with Crippen LogP contribution in [-0.4, -0.2) is 16.9 Å². The van der Waals surface area contributed by atoms with Gasteiger partial charge in [0.2, 0.25) is 0 Å². The molecule has 0 spiro atoms. The van der Waals surface area contributed by atoms with Crippen molar-refractivity contribution in [2.24, 2.45) is 0 Å². The molecule has 0 heterocycles. The first-order valence-electron chi connectivity index (χ1n) is 9.02. The summed E-state index contributed by atoms with van der Waals surface area (Å²) in [6.07, 6.45) is 0. The number of hydrogen-bond donors (Lipinski definition) is 4. The van der Waals surface area contributed by atoms with E-state index >= 15 is 0 Å². The second-order valence-corrected chi connectivity index (χ2v) is 6.85. The Kier molecular flexibility index (Phi) is 6.71. The SMILES string of the molecule is Cc1cccc(C(=O)Nc2ccc(C(=O)NNC(=S)Nc3ccc(F)cc3)cc2)c1. The molecule has 152 valence electrons. The highest BCUT2D eigenvalue weighted by atomic mass is 32.1. The molecule has 8 heteroatoms. The maximum atomic E-state index is 12.9. The van der Waals surface area contributed by atoms with Crippen LogP contribution in [0.4, 0.5) is 15.8 Å². The molecule has 0 aromatic heterocycles. The third-order valence-electron chi connectivity index (χ3n) is 4.08. The lowest BCUT2D eigenvalue weighted by molar-refractivity contribution is 0.0943. The molecule has 0 unspecified atom stereocenters. The first-order chi connectivity index (χ1) is 14.4. The minimum absolute atomic E-state index is 0.150. The molecule has 2 amide bonds. The number of nitrogens with one attached hydrogen (secondary N) is 4. The number of anilines is 2. The van der Waals surface area contributed by atoms with Crippen LogP contribution in [0.2, 0.25) is 0 Å². The molecule has 0 radical (unpaired) electrons. The Labute approximate surface area is 178 Å². The highest BCUT2D eigenvalue weighted by Gasteiger charge is 2.09. The number of halogens is 1. The van der Waals surface area contributed by atoms with Gasteiger partial charge in [-0.2, -0.15) is 0 Å².